The molecule has 0 radical (unpaired) electrons. The van der Waals surface area contributed by atoms with Crippen LogP contribution in [0.1, 0.15) is 24.2 Å². The zero-order valence-electron chi connectivity index (χ0n) is 22.6. The number of sulfonamides is 2. The van der Waals surface area contributed by atoms with Gasteiger partial charge in [-0.3, -0.25) is 9.52 Å². The molecule has 0 aliphatic carbocycles. The molecule has 2 heterocycles. The molecule has 4 rings (SSSR count). The molecule has 0 bridgehead atoms. The number of aliphatic hydroxyl groups is 1. The number of aromatic nitrogens is 2. The van der Waals surface area contributed by atoms with Crippen molar-refractivity contribution in [3.05, 3.63) is 66.6 Å². The van der Waals surface area contributed by atoms with Gasteiger partial charge < -0.3 is 19.3 Å². The summed E-state index contributed by atoms with van der Waals surface area (Å²) in [5.41, 5.74) is 0.193. The van der Waals surface area contributed by atoms with E-state index < -0.39 is 38.1 Å². The lowest BCUT2D eigenvalue weighted by atomic mass is 9.99. The molecule has 1 amide bonds. The highest BCUT2D eigenvalue weighted by molar-refractivity contribution is 7.92. The standard InChI is InChI=1S/C26H33N5O7S2/c1-18-13-31(19(2)16-32)26(33)22-12-20(28-39(34,35)25-15-29(3)17-27-25)10-11-23(22)38-24(18)14-30(4)40(36,37)21-8-6-5-7-9-21/h5-12,15,17-19,24,28,32H,13-14,16H2,1-4H3/t18-,19-,24+/m1/s1. The summed E-state index contributed by atoms with van der Waals surface area (Å²) < 4.78 is 63.4. The van der Waals surface area contributed by atoms with Crippen LogP contribution in [0.25, 0.3) is 0 Å². The van der Waals surface area contributed by atoms with Crippen molar-refractivity contribution >= 4 is 31.6 Å². The molecule has 1 aliphatic heterocycles. The second-order valence-corrected chi connectivity index (χ2v) is 13.6. The van der Waals surface area contributed by atoms with Gasteiger partial charge in [0.15, 0.2) is 5.03 Å². The summed E-state index contributed by atoms with van der Waals surface area (Å²) in [5.74, 6) is -0.601. The van der Waals surface area contributed by atoms with E-state index in [1.165, 1.54) is 63.7 Å². The molecular formula is C26H33N5O7S2. The molecule has 3 aromatic rings. The number of likely N-dealkylation sites (N-methyl/N-ethyl adjacent to an activating group) is 1. The fourth-order valence-electron chi connectivity index (χ4n) is 4.36. The molecule has 216 valence electrons. The van der Waals surface area contributed by atoms with Gasteiger partial charge in [-0.25, -0.2) is 13.4 Å². The highest BCUT2D eigenvalue weighted by atomic mass is 32.2. The Hall–Kier alpha value is -3.46. The number of nitrogens with one attached hydrogen (secondary N) is 1. The van der Waals surface area contributed by atoms with Crippen molar-refractivity contribution < 1.29 is 31.5 Å². The lowest BCUT2D eigenvalue weighted by Crippen LogP contribution is -2.50. The third kappa shape index (κ3) is 6.14. The Balaban J connectivity index is 1.68. The first-order valence-electron chi connectivity index (χ1n) is 12.6. The van der Waals surface area contributed by atoms with Gasteiger partial charge in [0.1, 0.15) is 11.9 Å². The van der Waals surface area contributed by atoms with Gasteiger partial charge in [0.2, 0.25) is 10.0 Å². The molecule has 14 heteroatoms. The summed E-state index contributed by atoms with van der Waals surface area (Å²) >= 11 is 0. The Kier molecular flexibility index (Phi) is 8.54. The Labute approximate surface area is 234 Å². The lowest BCUT2D eigenvalue weighted by molar-refractivity contribution is 0.0387. The van der Waals surface area contributed by atoms with E-state index >= 15 is 0 Å². The molecule has 0 unspecified atom stereocenters. The third-order valence-corrected chi connectivity index (χ3v) is 9.87. The van der Waals surface area contributed by atoms with Crippen LogP contribution in [0.4, 0.5) is 5.69 Å². The van der Waals surface area contributed by atoms with Crippen LogP contribution in [0, 0.1) is 5.92 Å². The minimum absolute atomic E-state index is 0.0125. The van der Waals surface area contributed by atoms with Crippen molar-refractivity contribution in [2.75, 3.05) is 31.5 Å². The second-order valence-electron chi connectivity index (χ2n) is 9.92. The van der Waals surface area contributed by atoms with Gasteiger partial charge in [0.05, 0.1) is 36.0 Å². The van der Waals surface area contributed by atoms with Crippen LogP contribution in [0.2, 0.25) is 0 Å². The Bertz CT molecular complexity index is 1580. The molecule has 3 atom stereocenters. The van der Waals surface area contributed by atoms with Crippen molar-refractivity contribution in [1.29, 1.82) is 0 Å². The van der Waals surface area contributed by atoms with Crippen LogP contribution in [-0.2, 0) is 27.1 Å². The molecule has 1 aromatic heterocycles. The first-order chi connectivity index (χ1) is 18.8. The number of aliphatic hydroxyl groups excluding tert-OH is 1. The van der Waals surface area contributed by atoms with Gasteiger partial charge >= 0.3 is 0 Å². The van der Waals surface area contributed by atoms with E-state index in [0.717, 1.165) is 0 Å². The van der Waals surface area contributed by atoms with E-state index in [9.17, 15) is 26.7 Å². The fourth-order valence-corrected chi connectivity index (χ4v) is 6.60. The van der Waals surface area contributed by atoms with Gasteiger partial charge in [0, 0.05) is 38.4 Å². The fraction of sp³-hybridized carbons (Fsp3) is 0.385. The number of rotatable bonds is 9. The molecule has 0 saturated heterocycles. The molecule has 2 N–H and O–H groups in total. The monoisotopic (exact) mass is 591 g/mol. The van der Waals surface area contributed by atoms with Gasteiger partial charge in [-0.1, -0.05) is 25.1 Å². The summed E-state index contributed by atoms with van der Waals surface area (Å²) in [6.07, 6.45) is 2.04. The highest BCUT2D eigenvalue weighted by Crippen LogP contribution is 2.31. The number of aryl methyl sites for hydroxylation is 1. The van der Waals surface area contributed by atoms with Crippen LogP contribution in [0.5, 0.6) is 5.75 Å². The lowest BCUT2D eigenvalue weighted by Gasteiger charge is -2.38. The molecule has 0 saturated carbocycles. The van der Waals surface area contributed by atoms with Crippen LogP contribution in [-0.4, -0.2) is 85.5 Å². The van der Waals surface area contributed by atoms with E-state index in [-0.39, 0.29) is 52.5 Å². The number of hydrogen-bond donors (Lipinski definition) is 2. The number of carbonyl (C=O) groups excluding carboxylic acids is 1. The van der Waals surface area contributed by atoms with E-state index in [0.29, 0.717) is 0 Å². The quantitative estimate of drug-likeness (QED) is 0.382. The van der Waals surface area contributed by atoms with E-state index in [1.807, 2.05) is 6.92 Å². The summed E-state index contributed by atoms with van der Waals surface area (Å²) in [5, 5.41) is 9.68. The molecule has 40 heavy (non-hydrogen) atoms. The predicted molar refractivity (Wildman–Crippen MR) is 148 cm³/mol. The maximum atomic E-state index is 13.6. The van der Waals surface area contributed by atoms with Crippen molar-refractivity contribution in [1.82, 2.24) is 18.8 Å². The SMILES string of the molecule is C[C@@H]1CN([C@H](C)CO)C(=O)c2cc(NS(=O)(=O)c3cn(C)cn3)ccc2O[C@H]1CN(C)S(=O)(=O)c1ccccc1. The van der Waals surface area contributed by atoms with Crippen molar-refractivity contribution in [2.45, 2.75) is 35.9 Å². The summed E-state index contributed by atoms with van der Waals surface area (Å²) in [6.45, 7) is 3.41. The number of hydrogen-bond acceptors (Lipinski definition) is 8. The zero-order valence-corrected chi connectivity index (χ0v) is 24.3. The molecule has 1 aliphatic rings. The van der Waals surface area contributed by atoms with Gasteiger partial charge in [-0.05, 0) is 37.3 Å². The van der Waals surface area contributed by atoms with Crippen LogP contribution >= 0.6 is 0 Å². The zero-order chi connectivity index (χ0) is 29.2. The van der Waals surface area contributed by atoms with Crippen molar-refractivity contribution in [2.24, 2.45) is 13.0 Å². The molecular weight excluding hydrogens is 558 g/mol. The molecule has 2 aromatic carbocycles. The Morgan fingerprint density at radius 2 is 1.88 bits per heavy atom. The number of anilines is 1. The Morgan fingerprint density at radius 3 is 2.50 bits per heavy atom. The van der Waals surface area contributed by atoms with Gasteiger partial charge in [0.25, 0.3) is 15.9 Å². The number of fused-ring (bicyclic) bond motifs is 1. The predicted octanol–water partition coefficient (Wildman–Crippen LogP) is 1.76. The Morgan fingerprint density at radius 1 is 1.18 bits per heavy atom. The first-order valence-corrected chi connectivity index (χ1v) is 15.5. The highest BCUT2D eigenvalue weighted by Gasteiger charge is 2.35. The van der Waals surface area contributed by atoms with Gasteiger partial charge in [-0.2, -0.15) is 12.7 Å². The normalized spacial score (nSPS) is 18.9. The number of imidazole rings is 1. The number of ether oxygens (including phenoxy) is 1. The van der Waals surface area contributed by atoms with Crippen LogP contribution in [0.3, 0.4) is 0 Å². The number of benzene rings is 2. The largest absolute Gasteiger partial charge is 0.488 e. The molecule has 0 fully saturated rings. The van der Waals surface area contributed by atoms with Gasteiger partial charge in [-0.15, -0.1) is 0 Å². The average Bonchev–Trinajstić information content (AvgIpc) is 3.38. The summed E-state index contributed by atoms with van der Waals surface area (Å²) in [7, 11) is -4.73. The van der Waals surface area contributed by atoms with E-state index in [1.54, 1.807) is 32.2 Å². The second kappa shape index (κ2) is 11.6. The number of amides is 1. The van der Waals surface area contributed by atoms with E-state index in [2.05, 4.69) is 9.71 Å². The first kappa shape index (κ1) is 29.5. The van der Waals surface area contributed by atoms with Crippen molar-refractivity contribution in [3.8, 4) is 5.75 Å². The van der Waals surface area contributed by atoms with Crippen molar-refractivity contribution in [3.63, 3.8) is 0 Å². The maximum Gasteiger partial charge on any atom is 0.280 e. The maximum absolute atomic E-state index is 13.6. The number of carbonyl (C=O) groups is 1. The van der Waals surface area contributed by atoms with E-state index in [4.69, 9.17) is 4.74 Å². The van der Waals surface area contributed by atoms with Crippen LogP contribution < -0.4 is 9.46 Å². The average molecular weight is 592 g/mol. The molecule has 0 spiro atoms. The summed E-state index contributed by atoms with van der Waals surface area (Å²) in [4.78, 5) is 19.1. The molecule has 12 nitrogen and oxygen atoms in total. The smallest absolute Gasteiger partial charge is 0.280 e. The van der Waals surface area contributed by atoms with Crippen LogP contribution in [0.15, 0.2) is 71.0 Å². The summed E-state index contributed by atoms with van der Waals surface area (Å²) in [6, 6.07) is 11.8. The topological polar surface area (TPSA) is 151 Å². The minimum Gasteiger partial charge on any atom is -0.488 e. The third-order valence-electron chi connectivity index (χ3n) is 6.76. The number of nitrogens with zero attached hydrogens (tertiary/aromatic N) is 4. The minimum atomic E-state index is -4.03.